The van der Waals surface area contributed by atoms with Gasteiger partial charge in [0, 0.05) is 31.9 Å². The Morgan fingerprint density at radius 1 is 1.50 bits per heavy atom. The Kier molecular flexibility index (Phi) is 3.96. The second-order valence-corrected chi connectivity index (χ2v) is 6.92. The lowest BCUT2D eigenvalue weighted by Crippen LogP contribution is -2.22. The maximum absolute atomic E-state index is 11.7. The van der Waals surface area contributed by atoms with Crippen LogP contribution < -0.4 is 4.90 Å². The molecule has 0 radical (unpaired) electrons. The van der Waals surface area contributed by atoms with Gasteiger partial charge in [0.25, 0.3) is 0 Å². The van der Waals surface area contributed by atoms with Crippen LogP contribution in [0.25, 0.3) is 0 Å². The van der Waals surface area contributed by atoms with Gasteiger partial charge in [0.05, 0.1) is 4.92 Å². The summed E-state index contributed by atoms with van der Waals surface area (Å²) in [6.45, 7) is 1.08. The maximum atomic E-state index is 11.7. The average Bonchev–Trinajstić information content (AvgIpc) is 2.85. The normalized spacial score (nSPS) is 19.3. The van der Waals surface area contributed by atoms with E-state index in [2.05, 4.69) is 0 Å². The lowest BCUT2D eigenvalue weighted by Gasteiger charge is -2.19. The summed E-state index contributed by atoms with van der Waals surface area (Å²) in [5, 5.41) is 20.4. The molecule has 1 aliphatic rings. The molecule has 0 saturated carbocycles. The minimum absolute atomic E-state index is 0.0239. The quantitative estimate of drug-likeness (QED) is 0.652. The van der Waals surface area contributed by atoms with Crippen LogP contribution in [0, 0.1) is 16.0 Å². The van der Waals surface area contributed by atoms with Gasteiger partial charge in [-0.05, 0) is 18.6 Å². The van der Waals surface area contributed by atoms with Gasteiger partial charge in [0.15, 0.2) is 9.84 Å². The number of nitrogens with zero attached hydrogens (tertiary/aromatic N) is 2. The van der Waals surface area contributed by atoms with Gasteiger partial charge >= 0.3 is 5.69 Å². The molecule has 0 bridgehead atoms. The maximum Gasteiger partial charge on any atom is 0.311 e. The van der Waals surface area contributed by atoms with E-state index in [4.69, 9.17) is 5.11 Å². The van der Waals surface area contributed by atoms with Crippen molar-refractivity contribution < 1.29 is 18.4 Å². The van der Waals surface area contributed by atoms with Gasteiger partial charge in [-0.3, -0.25) is 10.1 Å². The Labute approximate surface area is 116 Å². The van der Waals surface area contributed by atoms with Crippen molar-refractivity contribution in [2.45, 2.75) is 11.3 Å². The van der Waals surface area contributed by atoms with E-state index in [-0.39, 0.29) is 23.1 Å². The minimum atomic E-state index is -3.67. The third-order valence-corrected chi connectivity index (χ3v) is 4.57. The number of para-hydroxylation sites is 1. The summed E-state index contributed by atoms with van der Waals surface area (Å²) in [6.07, 6.45) is 1.69. The van der Waals surface area contributed by atoms with Crippen LogP contribution >= 0.6 is 0 Å². The topological polar surface area (TPSA) is 101 Å². The number of nitro benzene ring substituents is 1. The van der Waals surface area contributed by atoms with Gasteiger partial charge in [-0.25, -0.2) is 8.42 Å². The molecule has 2 rings (SSSR count). The number of rotatable bonds is 4. The molecule has 1 aromatic rings. The SMILES string of the molecule is CS(=O)(=O)c1cccc(N2CCC(CO)C2)c1[N+](=O)[O-]. The van der Waals surface area contributed by atoms with E-state index in [1.165, 1.54) is 12.1 Å². The highest BCUT2D eigenvalue weighted by Crippen LogP contribution is 2.36. The summed E-state index contributed by atoms with van der Waals surface area (Å²) in [6, 6.07) is 4.30. The molecule has 7 nitrogen and oxygen atoms in total. The van der Waals surface area contributed by atoms with E-state index < -0.39 is 14.8 Å². The fraction of sp³-hybridized carbons (Fsp3) is 0.500. The fourth-order valence-corrected chi connectivity index (χ4v) is 3.31. The van der Waals surface area contributed by atoms with Crippen molar-refractivity contribution in [3.05, 3.63) is 28.3 Å². The van der Waals surface area contributed by atoms with E-state index in [9.17, 15) is 18.5 Å². The third kappa shape index (κ3) is 2.75. The molecular formula is C12H16N2O5S. The molecule has 8 heteroatoms. The highest BCUT2D eigenvalue weighted by molar-refractivity contribution is 7.90. The van der Waals surface area contributed by atoms with Gasteiger partial charge < -0.3 is 10.0 Å². The summed E-state index contributed by atoms with van der Waals surface area (Å²) in [4.78, 5) is 12.1. The number of sulfone groups is 1. The molecule has 110 valence electrons. The van der Waals surface area contributed by atoms with Crippen molar-refractivity contribution in [2.24, 2.45) is 5.92 Å². The van der Waals surface area contributed by atoms with E-state index in [0.29, 0.717) is 18.8 Å². The summed E-state index contributed by atoms with van der Waals surface area (Å²) in [5.74, 6) is 0.0662. The molecule has 0 aromatic heterocycles. The Hall–Kier alpha value is -1.67. The molecule has 1 atom stereocenters. The predicted octanol–water partition coefficient (Wildman–Crippen LogP) is 0.817. The standard InChI is InChI=1S/C12H16N2O5S/c1-20(18,19)11-4-2-3-10(12(11)14(16)17)13-6-5-9(7-13)8-15/h2-4,9,15H,5-8H2,1H3. The van der Waals surface area contributed by atoms with Crippen LogP contribution in [0.15, 0.2) is 23.1 Å². The van der Waals surface area contributed by atoms with Gasteiger partial charge in [-0.2, -0.15) is 0 Å². The monoisotopic (exact) mass is 300 g/mol. The van der Waals surface area contributed by atoms with Crippen LogP contribution in [0.5, 0.6) is 0 Å². The van der Waals surface area contributed by atoms with Crippen LogP contribution in [-0.4, -0.2) is 44.4 Å². The van der Waals surface area contributed by atoms with Gasteiger partial charge in [-0.1, -0.05) is 6.07 Å². The van der Waals surface area contributed by atoms with Crippen LogP contribution in [0.2, 0.25) is 0 Å². The molecule has 1 fully saturated rings. The summed E-state index contributed by atoms with van der Waals surface area (Å²) in [7, 11) is -3.67. The lowest BCUT2D eigenvalue weighted by molar-refractivity contribution is -0.387. The summed E-state index contributed by atoms with van der Waals surface area (Å²) < 4.78 is 23.4. The first-order valence-corrected chi connectivity index (χ1v) is 8.07. The Balaban J connectivity index is 2.52. The first-order valence-electron chi connectivity index (χ1n) is 6.18. The smallest absolute Gasteiger partial charge is 0.311 e. The molecule has 1 heterocycles. The molecule has 20 heavy (non-hydrogen) atoms. The fourth-order valence-electron chi connectivity index (χ4n) is 2.45. The van der Waals surface area contributed by atoms with Gasteiger partial charge in [-0.15, -0.1) is 0 Å². The van der Waals surface area contributed by atoms with Crippen molar-refractivity contribution in [1.29, 1.82) is 0 Å². The zero-order valence-corrected chi connectivity index (χ0v) is 11.8. The molecule has 1 unspecified atom stereocenters. The number of aliphatic hydroxyl groups is 1. The van der Waals surface area contributed by atoms with Crippen LogP contribution in [0.1, 0.15) is 6.42 Å². The first kappa shape index (κ1) is 14.7. The zero-order valence-electron chi connectivity index (χ0n) is 11.0. The van der Waals surface area contributed by atoms with E-state index >= 15 is 0 Å². The zero-order chi connectivity index (χ0) is 14.9. The first-order chi connectivity index (χ1) is 9.34. The van der Waals surface area contributed by atoms with Crippen molar-refractivity contribution in [3.8, 4) is 0 Å². The highest BCUT2D eigenvalue weighted by atomic mass is 32.2. The molecule has 1 N–H and O–H groups in total. The number of hydrogen-bond donors (Lipinski definition) is 1. The number of anilines is 1. The molecule has 1 saturated heterocycles. The molecule has 1 aliphatic heterocycles. The summed E-state index contributed by atoms with van der Waals surface area (Å²) in [5.41, 5.74) is -0.0811. The molecule has 0 amide bonds. The number of hydrogen-bond acceptors (Lipinski definition) is 6. The second kappa shape index (κ2) is 5.37. The largest absolute Gasteiger partial charge is 0.396 e. The van der Waals surface area contributed by atoms with E-state index in [1.807, 2.05) is 0 Å². The molecule has 0 spiro atoms. The highest BCUT2D eigenvalue weighted by Gasteiger charge is 2.31. The van der Waals surface area contributed by atoms with Crippen LogP contribution in [0.3, 0.4) is 0 Å². The minimum Gasteiger partial charge on any atom is -0.396 e. The van der Waals surface area contributed by atoms with Crippen molar-refractivity contribution in [3.63, 3.8) is 0 Å². The number of aliphatic hydroxyl groups excluding tert-OH is 1. The Morgan fingerprint density at radius 2 is 2.20 bits per heavy atom. The van der Waals surface area contributed by atoms with Gasteiger partial charge in [0.1, 0.15) is 10.6 Å². The summed E-state index contributed by atoms with van der Waals surface area (Å²) >= 11 is 0. The molecule has 1 aromatic carbocycles. The van der Waals surface area contributed by atoms with Gasteiger partial charge in [0.2, 0.25) is 0 Å². The number of benzene rings is 1. The lowest BCUT2D eigenvalue weighted by atomic mass is 10.1. The Morgan fingerprint density at radius 3 is 2.70 bits per heavy atom. The average molecular weight is 300 g/mol. The van der Waals surface area contributed by atoms with Crippen LogP contribution in [0.4, 0.5) is 11.4 Å². The number of nitro groups is 1. The van der Waals surface area contributed by atoms with Crippen molar-refractivity contribution >= 4 is 21.2 Å². The van der Waals surface area contributed by atoms with E-state index in [0.717, 1.165) is 12.7 Å². The third-order valence-electron chi connectivity index (χ3n) is 3.44. The Bertz CT molecular complexity index is 629. The van der Waals surface area contributed by atoms with Crippen LogP contribution in [-0.2, 0) is 9.84 Å². The molecular weight excluding hydrogens is 284 g/mol. The van der Waals surface area contributed by atoms with Crippen molar-refractivity contribution in [1.82, 2.24) is 0 Å². The molecule has 0 aliphatic carbocycles. The second-order valence-electron chi connectivity index (χ2n) is 4.94. The predicted molar refractivity (Wildman–Crippen MR) is 73.6 cm³/mol. The van der Waals surface area contributed by atoms with Crippen molar-refractivity contribution in [2.75, 3.05) is 30.9 Å². The van der Waals surface area contributed by atoms with E-state index in [1.54, 1.807) is 11.0 Å².